The molecule has 0 spiro atoms. The SMILES string of the molecule is Cn1nccc1[C@@H]1NC(=O)CC[C@H]1NC(=O)C(F)(F)C1(O)CCCC1. The van der Waals surface area contributed by atoms with Gasteiger partial charge in [0.05, 0.1) is 17.8 Å². The standard InChI is InChI=1S/C16H22F2N4O3/c1-22-11(6-9-19-22)13-10(4-5-12(23)21-13)20-14(24)16(17,18)15(25)7-2-3-8-15/h6,9-10,13,25H,2-5,7-8H2,1H3,(H,20,24)(H,21,23)/t10-,13-/m1/s1. The Morgan fingerprint density at radius 1 is 1.48 bits per heavy atom. The third kappa shape index (κ3) is 3.12. The molecular weight excluding hydrogens is 334 g/mol. The van der Waals surface area contributed by atoms with Crippen LogP contribution in [-0.4, -0.2) is 44.3 Å². The van der Waals surface area contributed by atoms with Crippen molar-refractivity contribution in [3.8, 4) is 0 Å². The molecule has 2 atom stereocenters. The topological polar surface area (TPSA) is 96.3 Å². The lowest BCUT2D eigenvalue weighted by atomic mass is 9.91. The molecule has 1 aliphatic heterocycles. The number of rotatable bonds is 4. The summed E-state index contributed by atoms with van der Waals surface area (Å²) in [7, 11) is 1.67. The van der Waals surface area contributed by atoms with Crippen LogP contribution < -0.4 is 10.6 Å². The largest absolute Gasteiger partial charge is 0.383 e. The van der Waals surface area contributed by atoms with Crippen LogP contribution in [0.5, 0.6) is 0 Å². The molecule has 138 valence electrons. The van der Waals surface area contributed by atoms with Gasteiger partial charge in [-0.25, -0.2) is 0 Å². The van der Waals surface area contributed by atoms with Crippen LogP contribution in [-0.2, 0) is 16.6 Å². The van der Waals surface area contributed by atoms with E-state index in [1.807, 2.05) is 0 Å². The molecule has 2 fully saturated rings. The van der Waals surface area contributed by atoms with E-state index in [2.05, 4.69) is 15.7 Å². The lowest BCUT2D eigenvalue weighted by Crippen LogP contribution is -2.60. The van der Waals surface area contributed by atoms with E-state index in [0.29, 0.717) is 18.5 Å². The fraction of sp³-hybridized carbons (Fsp3) is 0.688. The maximum Gasteiger partial charge on any atom is 0.352 e. The number of nitrogens with zero attached hydrogens (tertiary/aromatic N) is 2. The van der Waals surface area contributed by atoms with Gasteiger partial charge in [-0.15, -0.1) is 0 Å². The molecule has 2 amide bonds. The zero-order valence-electron chi connectivity index (χ0n) is 14.0. The minimum Gasteiger partial charge on any atom is -0.383 e. The first-order chi connectivity index (χ1) is 11.7. The second-order valence-corrected chi connectivity index (χ2v) is 6.86. The van der Waals surface area contributed by atoms with E-state index in [9.17, 15) is 23.5 Å². The Morgan fingerprint density at radius 2 is 2.16 bits per heavy atom. The molecule has 1 aliphatic carbocycles. The van der Waals surface area contributed by atoms with Crippen molar-refractivity contribution in [2.45, 2.75) is 62.1 Å². The van der Waals surface area contributed by atoms with Crippen LogP contribution >= 0.6 is 0 Å². The molecule has 1 aromatic rings. The van der Waals surface area contributed by atoms with Gasteiger partial charge in [0.1, 0.15) is 5.60 Å². The Bertz CT molecular complexity index is 670. The highest BCUT2D eigenvalue weighted by atomic mass is 19.3. The van der Waals surface area contributed by atoms with Crippen molar-refractivity contribution < 1.29 is 23.5 Å². The monoisotopic (exact) mass is 356 g/mol. The summed E-state index contributed by atoms with van der Waals surface area (Å²) >= 11 is 0. The molecule has 9 heteroatoms. The van der Waals surface area contributed by atoms with Crippen LogP contribution in [0.2, 0.25) is 0 Å². The molecule has 7 nitrogen and oxygen atoms in total. The van der Waals surface area contributed by atoms with Gasteiger partial charge in [-0.1, -0.05) is 12.8 Å². The third-order valence-electron chi connectivity index (χ3n) is 5.20. The van der Waals surface area contributed by atoms with Crippen LogP contribution in [0.4, 0.5) is 8.78 Å². The van der Waals surface area contributed by atoms with Gasteiger partial charge in [-0.3, -0.25) is 14.3 Å². The first kappa shape index (κ1) is 17.8. The molecular formula is C16H22F2N4O3. The number of nitrogens with one attached hydrogen (secondary N) is 2. The zero-order chi connectivity index (χ0) is 18.2. The number of piperidine rings is 1. The van der Waals surface area contributed by atoms with Crippen molar-refractivity contribution in [1.29, 1.82) is 0 Å². The van der Waals surface area contributed by atoms with E-state index in [1.54, 1.807) is 13.1 Å². The molecule has 25 heavy (non-hydrogen) atoms. The summed E-state index contributed by atoms with van der Waals surface area (Å²) in [5.74, 6) is -5.58. The van der Waals surface area contributed by atoms with Crippen LogP contribution in [0, 0.1) is 0 Å². The van der Waals surface area contributed by atoms with Crippen molar-refractivity contribution in [3.63, 3.8) is 0 Å². The lowest BCUT2D eigenvalue weighted by Gasteiger charge is -2.36. The Balaban J connectivity index is 1.78. The maximum atomic E-state index is 14.5. The highest BCUT2D eigenvalue weighted by Gasteiger charge is 2.59. The number of carbonyl (C=O) groups excluding carboxylic acids is 2. The summed E-state index contributed by atoms with van der Waals surface area (Å²) in [5.41, 5.74) is -1.68. The number of aryl methyl sites for hydroxylation is 1. The molecule has 2 heterocycles. The van der Waals surface area contributed by atoms with Crippen molar-refractivity contribution in [3.05, 3.63) is 18.0 Å². The van der Waals surface area contributed by atoms with E-state index in [0.717, 1.165) is 0 Å². The van der Waals surface area contributed by atoms with E-state index in [-0.39, 0.29) is 31.6 Å². The molecule has 0 radical (unpaired) electrons. The van der Waals surface area contributed by atoms with E-state index >= 15 is 0 Å². The number of amides is 2. The van der Waals surface area contributed by atoms with Crippen molar-refractivity contribution in [2.24, 2.45) is 7.05 Å². The van der Waals surface area contributed by atoms with Gasteiger partial charge in [0.15, 0.2) is 0 Å². The van der Waals surface area contributed by atoms with E-state index in [4.69, 9.17) is 0 Å². The van der Waals surface area contributed by atoms with Gasteiger partial charge in [-0.2, -0.15) is 13.9 Å². The molecule has 0 bridgehead atoms. The fourth-order valence-corrected chi connectivity index (χ4v) is 3.67. The van der Waals surface area contributed by atoms with Crippen LogP contribution in [0.15, 0.2) is 12.3 Å². The Hall–Kier alpha value is -2.03. The minimum atomic E-state index is -3.87. The minimum absolute atomic E-state index is 0.0972. The van der Waals surface area contributed by atoms with Crippen LogP contribution in [0.3, 0.4) is 0 Å². The molecule has 3 rings (SSSR count). The van der Waals surface area contributed by atoms with Crippen molar-refractivity contribution >= 4 is 11.8 Å². The van der Waals surface area contributed by atoms with Crippen molar-refractivity contribution in [2.75, 3.05) is 0 Å². The molecule has 0 unspecified atom stereocenters. The molecule has 1 saturated carbocycles. The van der Waals surface area contributed by atoms with Crippen LogP contribution in [0.1, 0.15) is 50.3 Å². The quantitative estimate of drug-likeness (QED) is 0.743. The van der Waals surface area contributed by atoms with E-state index in [1.165, 1.54) is 10.9 Å². The first-order valence-corrected chi connectivity index (χ1v) is 8.43. The smallest absolute Gasteiger partial charge is 0.352 e. The first-order valence-electron chi connectivity index (χ1n) is 8.43. The van der Waals surface area contributed by atoms with Crippen LogP contribution in [0.25, 0.3) is 0 Å². The van der Waals surface area contributed by atoms with Crippen molar-refractivity contribution in [1.82, 2.24) is 20.4 Å². The van der Waals surface area contributed by atoms with Gasteiger partial charge < -0.3 is 15.7 Å². The number of hydrogen-bond acceptors (Lipinski definition) is 4. The zero-order valence-corrected chi connectivity index (χ0v) is 14.0. The number of alkyl halides is 2. The second-order valence-electron chi connectivity index (χ2n) is 6.86. The van der Waals surface area contributed by atoms with Gasteiger partial charge >= 0.3 is 5.92 Å². The predicted octanol–water partition coefficient (Wildman–Crippen LogP) is 0.796. The molecule has 1 aromatic heterocycles. The number of hydrogen-bond donors (Lipinski definition) is 3. The Morgan fingerprint density at radius 3 is 2.76 bits per heavy atom. The summed E-state index contributed by atoms with van der Waals surface area (Å²) in [4.78, 5) is 24.0. The summed E-state index contributed by atoms with van der Waals surface area (Å²) in [5, 5.41) is 19.2. The molecule has 1 saturated heterocycles. The highest BCUT2D eigenvalue weighted by molar-refractivity contribution is 5.86. The van der Waals surface area contributed by atoms with Gasteiger partial charge in [0.25, 0.3) is 5.91 Å². The normalized spacial score (nSPS) is 26.3. The lowest BCUT2D eigenvalue weighted by molar-refractivity contribution is -0.191. The summed E-state index contributed by atoms with van der Waals surface area (Å²) in [6, 6.07) is 0.320. The average Bonchev–Trinajstić information content (AvgIpc) is 3.18. The fourth-order valence-electron chi connectivity index (χ4n) is 3.67. The summed E-state index contributed by atoms with van der Waals surface area (Å²) in [6.07, 6.45) is 2.65. The highest BCUT2D eigenvalue weighted by Crippen LogP contribution is 2.42. The molecule has 3 N–H and O–H groups in total. The number of carbonyl (C=O) groups is 2. The van der Waals surface area contributed by atoms with Gasteiger partial charge in [0, 0.05) is 19.7 Å². The summed E-state index contributed by atoms with van der Waals surface area (Å²) < 4.78 is 30.6. The average molecular weight is 356 g/mol. The number of aromatic nitrogens is 2. The second kappa shape index (κ2) is 6.36. The van der Waals surface area contributed by atoms with E-state index < -0.39 is 29.5 Å². The van der Waals surface area contributed by atoms with Gasteiger partial charge in [0.2, 0.25) is 5.91 Å². The Kier molecular flexibility index (Phi) is 4.52. The van der Waals surface area contributed by atoms with Gasteiger partial charge in [-0.05, 0) is 25.3 Å². The maximum absolute atomic E-state index is 14.5. The molecule has 0 aromatic carbocycles. The summed E-state index contributed by atoms with van der Waals surface area (Å²) in [6.45, 7) is 0. The Labute approximate surface area is 143 Å². The molecule has 2 aliphatic rings. The predicted molar refractivity (Wildman–Crippen MR) is 83.6 cm³/mol. The number of aliphatic hydroxyl groups is 1. The third-order valence-corrected chi connectivity index (χ3v) is 5.20. The number of halogens is 2.